The number of nitrogens with zero attached hydrogens (tertiary/aromatic N) is 1. The molecule has 0 spiro atoms. The number of carbonyl (C=O) groups is 1. The highest BCUT2D eigenvalue weighted by Gasteiger charge is 2.25. The van der Waals surface area contributed by atoms with E-state index in [2.05, 4.69) is 29.2 Å². The maximum absolute atomic E-state index is 10.8. The molecule has 0 radical (unpaired) electrons. The van der Waals surface area contributed by atoms with Crippen molar-refractivity contribution in [1.29, 1.82) is 0 Å². The first kappa shape index (κ1) is 13.1. The van der Waals surface area contributed by atoms with E-state index in [1.54, 1.807) is 0 Å². The second kappa shape index (κ2) is 6.01. The summed E-state index contributed by atoms with van der Waals surface area (Å²) in [6.45, 7) is 4.92. The zero-order valence-electron chi connectivity index (χ0n) is 10.9. The summed E-state index contributed by atoms with van der Waals surface area (Å²) in [5, 5.41) is 8.93. The first-order valence-electron chi connectivity index (χ1n) is 6.64. The summed E-state index contributed by atoms with van der Waals surface area (Å²) < 4.78 is 0. The molecule has 0 bridgehead atoms. The topological polar surface area (TPSA) is 40.5 Å². The Balaban J connectivity index is 1.80. The Kier molecular flexibility index (Phi) is 4.37. The Bertz CT molecular complexity index is 391. The molecule has 0 aliphatic carbocycles. The van der Waals surface area contributed by atoms with Crippen molar-refractivity contribution in [1.82, 2.24) is 4.90 Å². The van der Waals surface area contributed by atoms with Gasteiger partial charge in [-0.2, -0.15) is 0 Å². The molecular weight excluding hydrogens is 226 g/mol. The quantitative estimate of drug-likeness (QED) is 0.869. The molecule has 98 valence electrons. The van der Waals surface area contributed by atoms with Crippen molar-refractivity contribution < 1.29 is 9.90 Å². The summed E-state index contributed by atoms with van der Waals surface area (Å²) in [5.41, 5.74) is 1.34. The predicted molar refractivity (Wildman–Crippen MR) is 71.2 cm³/mol. The fourth-order valence-corrected chi connectivity index (χ4v) is 2.69. The molecule has 18 heavy (non-hydrogen) atoms. The van der Waals surface area contributed by atoms with Gasteiger partial charge in [-0.25, -0.2) is 0 Å². The van der Waals surface area contributed by atoms with E-state index in [0.717, 1.165) is 32.5 Å². The maximum Gasteiger partial charge on any atom is 0.306 e. The number of carboxylic acid groups (broad SMARTS) is 1. The standard InChI is InChI=1S/C15H21NO2/c1-12(15(17)18)9-14-7-8-16(11-14)10-13-5-3-2-4-6-13/h2-6,12,14H,7-11H2,1H3,(H,17,18). The third kappa shape index (κ3) is 3.57. The van der Waals surface area contributed by atoms with Gasteiger partial charge in [0.2, 0.25) is 0 Å². The van der Waals surface area contributed by atoms with E-state index in [1.807, 2.05) is 13.0 Å². The van der Waals surface area contributed by atoms with Crippen LogP contribution in [0.25, 0.3) is 0 Å². The average Bonchev–Trinajstić information content (AvgIpc) is 2.77. The number of hydrogen-bond donors (Lipinski definition) is 1. The number of carboxylic acids is 1. The zero-order chi connectivity index (χ0) is 13.0. The molecule has 1 N–H and O–H groups in total. The zero-order valence-corrected chi connectivity index (χ0v) is 10.9. The van der Waals surface area contributed by atoms with Crippen LogP contribution in [0.1, 0.15) is 25.3 Å². The molecule has 0 aromatic heterocycles. The molecule has 1 aromatic carbocycles. The van der Waals surface area contributed by atoms with Crippen molar-refractivity contribution in [2.45, 2.75) is 26.3 Å². The van der Waals surface area contributed by atoms with Gasteiger partial charge in [-0.1, -0.05) is 37.3 Å². The summed E-state index contributed by atoms with van der Waals surface area (Å²) in [5.74, 6) is -0.344. The maximum atomic E-state index is 10.8. The minimum absolute atomic E-state index is 0.216. The molecule has 0 amide bonds. The average molecular weight is 247 g/mol. The highest BCUT2D eigenvalue weighted by molar-refractivity contribution is 5.69. The smallest absolute Gasteiger partial charge is 0.306 e. The Morgan fingerprint density at radius 1 is 1.44 bits per heavy atom. The lowest BCUT2D eigenvalue weighted by atomic mass is 9.95. The van der Waals surface area contributed by atoms with Gasteiger partial charge in [0.05, 0.1) is 5.92 Å². The largest absolute Gasteiger partial charge is 0.481 e. The Morgan fingerprint density at radius 3 is 2.83 bits per heavy atom. The molecule has 1 saturated heterocycles. The second-order valence-electron chi connectivity index (χ2n) is 5.35. The molecular formula is C15H21NO2. The molecule has 0 saturated carbocycles. The highest BCUT2D eigenvalue weighted by atomic mass is 16.4. The van der Waals surface area contributed by atoms with Crippen LogP contribution in [0.4, 0.5) is 0 Å². The molecule has 3 heteroatoms. The van der Waals surface area contributed by atoms with Gasteiger partial charge in [0.25, 0.3) is 0 Å². The van der Waals surface area contributed by atoms with E-state index in [9.17, 15) is 4.79 Å². The number of aliphatic carboxylic acids is 1. The van der Waals surface area contributed by atoms with E-state index in [-0.39, 0.29) is 5.92 Å². The van der Waals surface area contributed by atoms with Gasteiger partial charge < -0.3 is 5.11 Å². The molecule has 2 rings (SSSR count). The molecule has 1 aliphatic rings. The van der Waals surface area contributed by atoms with E-state index in [4.69, 9.17) is 5.11 Å². The van der Waals surface area contributed by atoms with Crippen molar-refractivity contribution in [3.63, 3.8) is 0 Å². The van der Waals surface area contributed by atoms with Crippen LogP contribution in [-0.2, 0) is 11.3 Å². The van der Waals surface area contributed by atoms with Crippen molar-refractivity contribution in [3.8, 4) is 0 Å². The van der Waals surface area contributed by atoms with Crippen molar-refractivity contribution in [2.24, 2.45) is 11.8 Å². The summed E-state index contributed by atoms with van der Waals surface area (Å²) in [7, 11) is 0. The Labute approximate surface area is 108 Å². The van der Waals surface area contributed by atoms with Gasteiger partial charge in [0.15, 0.2) is 0 Å². The highest BCUT2D eigenvalue weighted by Crippen LogP contribution is 2.24. The first-order chi connectivity index (χ1) is 8.65. The fourth-order valence-electron chi connectivity index (χ4n) is 2.69. The van der Waals surface area contributed by atoms with E-state index < -0.39 is 5.97 Å². The predicted octanol–water partition coefficient (Wildman–Crippen LogP) is 2.62. The van der Waals surface area contributed by atoms with Crippen LogP contribution in [0.3, 0.4) is 0 Å². The van der Waals surface area contributed by atoms with Crippen LogP contribution in [0.15, 0.2) is 30.3 Å². The van der Waals surface area contributed by atoms with Gasteiger partial charge in [-0.15, -0.1) is 0 Å². The van der Waals surface area contributed by atoms with E-state index >= 15 is 0 Å². The van der Waals surface area contributed by atoms with Crippen molar-refractivity contribution >= 4 is 5.97 Å². The molecule has 2 unspecified atom stereocenters. The van der Waals surface area contributed by atoms with Crippen LogP contribution >= 0.6 is 0 Å². The minimum atomic E-state index is -0.670. The SMILES string of the molecule is CC(CC1CCN(Cc2ccccc2)C1)C(=O)O. The second-order valence-corrected chi connectivity index (χ2v) is 5.35. The normalized spacial score (nSPS) is 21.9. The summed E-state index contributed by atoms with van der Waals surface area (Å²) >= 11 is 0. The number of hydrogen-bond acceptors (Lipinski definition) is 2. The van der Waals surface area contributed by atoms with Crippen LogP contribution in [-0.4, -0.2) is 29.1 Å². The van der Waals surface area contributed by atoms with Crippen LogP contribution in [0, 0.1) is 11.8 Å². The third-order valence-electron chi connectivity index (χ3n) is 3.73. The molecule has 1 aromatic rings. The van der Waals surface area contributed by atoms with Gasteiger partial charge in [0.1, 0.15) is 0 Å². The minimum Gasteiger partial charge on any atom is -0.481 e. The molecule has 1 aliphatic heterocycles. The summed E-state index contributed by atoms with van der Waals surface area (Å²) in [6.07, 6.45) is 1.94. The molecule has 1 heterocycles. The fraction of sp³-hybridized carbons (Fsp3) is 0.533. The molecule has 2 atom stereocenters. The number of benzene rings is 1. The monoisotopic (exact) mass is 247 g/mol. The van der Waals surface area contributed by atoms with Crippen molar-refractivity contribution in [2.75, 3.05) is 13.1 Å². The molecule has 3 nitrogen and oxygen atoms in total. The lowest BCUT2D eigenvalue weighted by Gasteiger charge is -2.17. The van der Waals surface area contributed by atoms with E-state index in [1.165, 1.54) is 5.56 Å². The first-order valence-corrected chi connectivity index (χ1v) is 6.64. The van der Waals surface area contributed by atoms with Gasteiger partial charge >= 0.3 is 5.97 Å². The lowest BCUT2D eigenvalue weighted by Crippen LogP contribution is -2.21. The van der Waals surface area contributed by atoms with Crippen LogP contribution in [0.5, 0.6) is 0 Å². The van der Waals surface area contributed by atoms with Gasteiger partial charge in [-0.3, -0.25) is 9.69 Å². The van der Waals surface area contributed by atoms with Crippen molar-refractivity contribution in [3.05, 3.63) is 35.9 Å². The number of likely N-dealkylation sites (tertiary alicyclic amines) is 1. The van der Waals surface area contributed by atoms with Crippen LogP contribution in [0.2, 0.25) is 0 Å². The Morgan fingerprint density at radius 2 is 2.17 bits per heavy atom. The number of rotatable bonds is 5. The molecule has 1 fully saturated rings. The van der Waals surface area contributed by atoms with Gasteiger partial charge in [0, 0.05) is 13.1 Å². The van der Waals surface area contributed by atoms with Crippen LogP contribution < -0.4 is 0 Å². The van der Waals surface area contributed by atoms with Gasteiger partial charge in [-0.05, 0) is 30.9 Å². The third-order valence-corrected chi connectivity index (χ3v) is 3.73. The lowest BCUT2D eigenvalue weighted by molar-refractivity contribution is -0.141. The summed E-state index contributed by atoms with van der Waals surface area (Å²) in [6, 6.07) is 10.5. The Hall–Kier alpha value is -1.35. The van der Waals surface area contributed by atoms with E-state index in [0.29, 0.717) is 5.92 Å². The summed E-state index contributed by atoms with van der Waals surface area (Å²) in [4.78, 5) is 13.3.